The zero-order valence-corrected chi connectivity index (χ0v) is 27.4. The lowest BCUT2D eigenvalue weighted by Crippen LogP contribution is -2.53. The molecule has 0 bridgehead atoms. The maximum absolute atomic E-state index is 14.4. The van der Waals surface area contributed by atoms with E-state index in [2.05, 4.69) is 5.32 Å². The molecule has 0 saturated carbocycles. The van der Waals surface area contributed by atoms with Gasteiger partial charge in [-0.3, -0.25) is 13.9 Å². The molecular weight excluding hydrogens is 633 g/mol. The highest BCUT2D eigenvalue weighted by Crippen LogP contribution is 2.28. The van der Waals surface area contributed by atoms with Crippen LogP contribution >= 0.6 is 23.2 Å². The van der Waals surface area contributed by atoms with Gasteiger partial charge in [0, 0.05) is 29.6 Å². The lowest BCUT2D eigenvalue weighted by molar-refractivity contribution is -0.140. The van der Waals surface area contributed by atoms with Crippen LogP contribution in [-0.4, -0.2) is 50.9 Å². The van der Waals surface area contributed by atoms with E-state index in [9.17, 15) is 18.0 Å². The van der Waals surface area contributed by atoms with E-state index in [0.717, 1.165) is 9.87 Å². The summed E-state index contributed by atoms with van der Waals surface area (Å²) in [6, 6.07) is 27.6. The van der Waals surface area contributed by atoms with Gasteiger partial charge in [0.05, 0.1) is 17.2 Å². The quantitative estimate of drug-likeness (QED) is 0.169. The van der Waals surface area contributed by atoms with Gasteiger partial charge in [-0.2, -0.15) is 0 Å². The molecule has 236 valence electrons. The monoisotopic (exact) mass is 667 g/mol. The summed E-state index contributed by atoms with van der Waals surface area (Å²) in [6.07, 6.45) is 0.204. The van der Waals surface area contributed by atoms with Crippen LogP contribution in [0.5, 0.6) is 5.75 Å². The molecule has 0 aliphatic rings. The van der Waals surface area contributed by atoms with Crippen LogP contribution in [0, 0.1) is 0 Å². The molecular formula is C34H35Cl2N3O5S. The van der Waals surface area contributed by atoms with Gasteiger partial charge in [0.1, 0.15) is 18.3 Å². The van der Waals surface area contributed by atoms with Crippen LogP contribution < -0.4 is 14.4 Å². The average Bonchev–Trinajstić information content (AvgIpc) is 3.03. The molecule has 0 spiro atoms. The van der Waals surface area contributed by atoms with Crippen LogP contribution in [0.15, 0.2) is 108 Å². The first-order valence-corrected chi connectivity index (χ1v) is 16.7. The number of rotatable bonds is 14. The largest absolute Gasteiger partial charge is 0.494 e. The summed E-state index contributed by atoms with van der Waals surface area (Å²) in [7, 11) is -4.26. The number of amides is 2. The highest BCUT2D eigenvalue weighted by molar-refractivity contribution is 7.92. The number of nitrogens with one attached hydrogen (secondary N) is 1. The van der Waals surface area contributed by atoms with Crippen LogP contribution in [0.3, 0.4) is 0 Å². The van der Waals surface area contributed by atoms with Gasteiger partial charge < -0.3 is 15.0 Å². The lowest BCUT2D eigenvalue weighted by atomic mass is 10.0. The van der Waals surface area contributed by atoms with Crippen molar-refractivity contribution in [1.29, 1.82) is 0 Å². The Morgan fingerprint density at radius 2 is 1.49 bits per heavy atom. The van der Waals surface area contributed by atoms with Gasteiger partial charge in [0.2, 0.25) is 11.8 Å². The highest BCUT2D eigenvalue weighted by Gasteiger charge is 2.34. The molecule has 4 rings (SSSR count). The van der Waals surface area contributed by atoms with Crippen molar-refractivity contribution in [2.45, 2.75) is 37.8 Å². The van der Waals surface area contributed by atoms with E-state index in [-0.39, 0.29) is 29.5 Å². The first-order chi connectivity index (χ1) is 21.6. The molecule has 0 radical (unpaired) electrons. The second kappa shape index (κ2) is 15.8. The van der Waals surface area contributed by atoms with Crippen LogP contribution in [0.25, 0.3) is 0 Å². The summed E-state index contributed by atoms with van der Waals surface area (Å²) >= 11 is 12.6. The fourth-order valence-corrected chi connectivity index (χ4v) is 6.53. The number of ether oxygens (including phenoxy) is 1. The van der Waals surface area contributed by atoms with Crippen LogP contribution in [0.1, 0.15) is 25.0 Å². The molecule has 0 fully saturated rings. The van der Waals surface area contributed by atoms with Crippen molar-refractivity contribution in [1.82, 2.24) is 10.2 Å². The molecule has 0 aliphatic heterocycles. The Bertz CT molecular complexity index is 1690. The van der Waals surface area contributed by atoms with Crippen molar-refractivity contribution in [2.24, 2.45) is 0 Å². The molecule has 1 atom stereocenters. The van der Waals surface area contributed by atoms with Crippen LogP contribution in [-0.2, 0) is 32.6 Å². The minimum atomic E-state index is -4.26. The Morgan fingerprint density at radius 3 is 2.11 bits per heavy atom. The lowest BCUT2D eigenvalue weighted by Gasteiger charge is -2.34. The highest BCUT2D eigenvalue weighted by atomic mass is 35.5. The topological polar surface area (TPSA) is 96.0 Å². The van der Waals surface area contributed by atoms with Crippen molar-refractivity contribution in [3.8, 4) is 5.75 Å². The fraction of sp³-hybridized carbons (Fsp3) is 0.235. The van der Waals surface area contributed by atoms with E-state index in [1.807, 2.05) is 37.3 Å². The maximum Gasteiger partial charge on any atom is 0.264 e. The summed E-state index contributed by atoms with van der Waals surface area (Å²) in [5.74, 6) is -0.403. The molecule has 11 heteroatoms. The zero-order chi connectivity index (χ0) is 32.4. The van der Waals surface area contributed by atoms with E-state index in [1.165, 1.54) is 29.2 Å². The van der Waals surface area contributed by atoms with Gasteiger partial charge in [0.15, 0.2) is 0 Å². The normalized spacial score (nSPS) is 11.8. The molecule has 0 heterocycles. The van der Waals surface area contributed by atoms with E-state index in [0.29, 0.717) is 34.5 Å². The van der Waals surface area contributed by atoms with Gasteiger partial charge in [-0.25, -0.2) is 8.42 Å². The zero-order valence-electron chi connectivity index (χ0n) is 25.0. The van der Waals surface area contributed by atoms with Gasteiger partial charge in [-0.15, -0.1) is 0 Å². The number of anilines is 1. The van der Waals surface area contributed by atoms with Gasteiger partial charge in [0.25, 0.3) is 10.0 Å². The van der Waals surface area contributed by atoms with E-state index in [1.54, 1.807) is 55.5 Å². The second-order valence-electron chi connectivity index (χ2n) is 10.1. The molecule has 4 aromatic carbocycles. The molecule has 2 amide bonds. The molecule has 0 aliphatic carbocycles. The number of halogens is 2. The predicted octanol–water partition coefficient (Wildman–Crippen LogP) is 6.36. The molecule has 1 unspecified atom stereocenters. The standard InChI is InChI=1S/C34H35Cl2N3O5S/c1-3-37-34(41)32(22-25-10-6-5-7-11-25)38(23-26-12-8-9-13-31(26)36)33(40)24-39(28-16-18-29(19-17-28)44-4-2)45(42,43)30-20-14-27(35)15-21-30/h5-21,32H,3-4,22-24H2,1-2H3,(H,37,41). The van der Waals surface area contributed by atoms with E-state index >= 15 is 0 Å². The Kier molecular flexibility index (Phi) is 11.9. The molecule has 0 saturated heterocycles. The van der Waals surface area contributed by atoms with Gasteiger partial charge >= 0.3 is 0 Å². The number of hydrogen-bond acceptors (Lipinski definition) is 5. The summed E-state index contributed by atoms with van der Waals surface area (Å²) < 4.78 is 34.8. The summed E-state index contributed by atoms with van der Waals surface area (Å²) in [6.45, 7) is 3.81. The number of nitrogens with zero attached hydrogens (tertiary/aromatic N) is 2. The number of benzene rings is 4. The predicted molar refractivity (Wildman–Crippen MR) is 178 cm³/mol. The third kappa shape index (κ3) is 8.78. The van der Waals surface area contributed by atoms with Crippen molar-refractivity contribution < 1.29 is 22.7 Å². The smallest absolute Gasteiger partial charge is 0.264 e. The molecule has 8 nitrogen and oxygen atoms in total. The number of carbonyl (C=O) groups excluding carboxylic acids is 2. The molecule has 45 heavy (non-hydrogen) atoms. The van der Waals surface area contributed by atoms with Crippen LogP contribution in [0.4, 0.5) is 5.69 Å². The first-order valence-electron chi connectivity index (χ1n) is 14.5. The molecule has 0 aromatic heterocycles. The summed E-state index contributed by atoms with van der Waals surface area (Å²) in [5.41, 5.74) is 1.70. The average molecular weight is 669 g/mol. The number of hydrogen-bond donors (Lipinski definition) is 1. The Labute approximate surface area is 274 Å². The fourth-order valence-electron chi connectivity index (χ4n) is 4.79. The van der Waals surface area contributed by atoms with Crippen LogP contribution in [0.2, 0.25) is 10.0 Å². The van der Waals surface area contributed by atoms with E-state index < -0.39 is 28.5 Å². The SMILES string of the molecule is CCNC(=O)C(Cc1ccccc1)N(Cc1ccccc1Cl)C(=O)CN(c1ccc(OCC)cc1)S(=O)(=O)c1ccc(Cl)cc1. The Hall–Kier alpha value is -4.05. The number of carbonyl (C=O) groups is 2. The Morgan fingerprint density at radius 1 is 0.844 bits per heavy atom. The minimum absolute atomic E-state index is 0.0226. The van der Waals surface area contributed by atoms with Crippen molar-refractivity contribution in [3.05, 3.63) is 124 Å². The third-order valence-corrected chi connectivity index (χ3v) is 9.45. The Balaban J connectivity index is 1.80. The number of sulfonamides is 1. The van der Waals surface area contributed by atoms with Gasteiger partial charge in [-0.1, -0.05) is 71.7 Å². The first kappa shape index (κ1) is 33.8. The maximum atomic E-state index is 14.4. The minimum Gasteiger partial charge on any atom is -0.494 e. The second-order valence-corrected chi connectivity index (χ2v) is 12.8. The summed E-state index contributed by atoms with van der Waals surface area (Å²) in [5, 5.41) is 3.63. The molecule has 1 N–H and O–H groups in total. The van der Waals surface area contributed by atoms with Crippen molar-refractivity contribution in [2.75, 3.05) is 24.0 Å². The van der Waals surface area contributed by atoms with Crippen molar-refractivity contribution in [3.63, 3.8) is 0 Å². The van der Waals surface area contributed by atoms with Gasteiger partial charge in [-0.05, 0) is 79.6 Å². The third-order valence-electron chi connectivity index (χ3n) is 7.04. The van der Waals surface area contributed by atoms with Crippen molar-refractivity contribution >= 4 is 50.7 Å². The number of likely N-dealkylation sites (N-methyl/N-ethyl adjacent to an activating group) is 1. The van der Waals surface area contributed by atoms with E-state index in [4.69, 9.17) is 27.9 Å². The summed E-state index contributed by atoms with van der Waals surface area (Å²) in [4.78, 5) is 29.4. The molecule has 4 aromatic rings.